The van der Waals surface area contributed by atoms with E-state index < -0.39 is 10.1 Å². The van der Waals surface area contributed by atoms with E-state index >= 15 is 0 Å². The minimum Gasteiger partial charge on any atom is -0.748 e. The van der Waals surface area contributed by atoms with Gasteiger partial charge in [0.05, 0.1) is 10.1 Å². The maximum atomic E-state index is 9.08. The van der Waals surface area contributed by atoms with Gasteiger partial charge in [0, 0.05) is 23.8 Å². The van der Waals surface area contributed by atoms with Crippen LogP contribution in [0.4, 0.5) is 0 Å². The van der Waals surface area contributed by atoms with Gasteiger partial charge in [-0.3, -0.25) is 0 Å². The Morgan fingerprint density at radius 1 is 1.18 bits per heavy atom. The van der Waals surface area contributed by atoms with Crippen LogP contribution in [0.15, 0.2) is 36.5 Å². The monoisotopic (exact) mass is 253 g/mol. The topological polar surface area (TPSA) is 61.1 Å². The summed E-state index contributed by atoms with van der Waals surface area (Å²) in [4.78, 5) is 0. The second kappa shape index (κ2) is 5.25. The van der Waals surface area contributed by atoms with Crippen LogP contribution in [-0.4, -0.2) is 19.2 Å². The lowest BCUT2D eigenvalue weighted by Crippen LogP contribution is -2.28. The van der Waals surface area contributed by atoms with Gasteiger partial charge in [0.2, 0.25) is 5.52 Å². The van der Waals surface area contributed by atoms with Crippen LogP contribution in [0, 0.1) is 6.92 Å². The van der Waals surface area contributed by atoms with E-state index in [-0.39, 0.29) is 0 Å². The van der Waals surface area contributed by atoms with Gasteiger partial charge < -0.3 is 4.55 Å². The molecule has 1 aromatic carbocycles. The number of pyridine rings is 1. The highest BCUT2D eigenvalue weighted by Crippen LogP contribution is 2.12. The van der Waals surface area contributed by atoms with E-state index in [1.54, 1.807) is 0 Å². The first-order chi connectivity index (χ1) is 7.79. The molecule has 0 atom stereocenters. The van der Waals surface area contributed by atoms with Crippen molar-refractivity contribution in [3.05, 3.63) is 42.1 Å². The predicted octanol–water partition coefficient (Wildman–Crippen LogP) is 1.13. The van der Waals surface area contributed by atoms with Gasteiger partial charge in [-0.25, -0.2) is 13.0 Å². The van der Waals surface area contributed by atoms with Crippen molar-refractivity contribution in [2.75, 3.05) is 6.26 Å². The van der Waals surface area contributed by atoms with Gasteiger partial charge in [-0.1, -0.05) is 12.1 Å². The molecule has 92 valence electrons. The minimum atomic E-state index is -3.92. The molecule has 17 heavy (non-hydrogen) atoms. The maximum Gasteiger partial charge on any atom is 0.212 e. The Morgan fingerprint density at radius 2 is 1.71 bits per heavy atom. The highest BCUT2D eigenvalue weighted by Gasteiger charge is 2.04. The number of hydrogen-bond acceptors (Lipinski definition) is 3. The van der Waals surface area contributed by atoms with Crippen molar-refractivity contribution < 1.29 is 17.5 Å². The summed E-state index contributed by atoms with van der Waals surface area (Å²) in [6.45, 7) is 2.14. The first-order valence-corrected chi connectivity index (χ1v) is 6.85. The number of para-hydroxylation sites is 1. The number of benzene rings is 1. The summed E-state index contributed by atoms with van der Waals surface area (Å²) in [6, 6.07) is 10.6. The number of hydrogen-bond donors (Lipinski definition) is 0. The third-order valence-corrected chi connectivity index (χ3v) is 2.26. The number of fused-ring (bicyclic) bond motifs is 1. The van der Waals surface area contributed by atoms with Crippen molar-refractivity contribution in [1.82, 2.24) is 0 Å². The molecule has 0 saturated carbocycles. The molecule has 4 nitrogen and oxygen atoms in total. The van der Waals surface area contributed by atoms with Crippen molar-refractivity contribution >= 4 is 21.0 Å². The Balaban J connectivity index is 0.000000249. The zero-order chi connectivity index (χ0) is 13.1. The fourth-order valence-corrected chi connectivity index (χ4v) is 1.51. The summed E-state index contributed by atoms with van der Waals surface area (Å²) in [5.41, 5.74) is 2.63. The van der Waals surface area contributed by atoms with E-state index in [4.69, 9.17) is 13.0 Å². The van der Waals surface area contributed by atoms with Crippen LogP contribution >= 0.6 is 0 Å². The van der Waals surface area contributed by atoms with E-state index in [1.807, 2.05) is 0 Å². The fraction of sp³-hybridized carbons (Fsp3) is 0.250. The smallest absolute Gasteiger partial charge is 0.212 e. The number of rotatable bonds is 0. The van der Waals surface area contributed by atoms with E-state index in [0.29, 0.717) is 6.26 Å². The van der Waals surface area contributed by atoms with Gasteiger partial charge in [0.1, 0.15) is 7.05 Å². The Kier molecular flexibility index (Phi) is 4.20. The summed E-state index contributed by atoms with van der Waals surface area (Å²) in [5.74, 6) is 0. The Hall–Kier alpha value is -1.46. The quantitative estimate of drug-likeness (QED) is 0.522. The first-order valence-electron chi connectivity index (χ1n) is 5.04. The van der Waals surface area contributed by atoms with Crippen molar-refractivity contribution in [3.8, 4) is 0 Å². The average molecular weight is 253 g/mol. The molecule has 0 radical (unpaired) electrons. The van der Waals surface area contributed by atoms with Gasteiger partial charge in [0.25, 0.3) is 0 Å². The molecule has 0 aliphatic carbocycles. The molecule has 0 amide bonds. The molecule has 0 unspecified atom stereocenters. The average Bonchev–Trinajstić information content (AvgIpc) is 2.22. The largest absolute Gasteiger partial charge is 0.748 e. The normalized spacial score (nSPS) is 10.8. The van der Waals surface area contributed by atoms with E-state index in [1.165, 1.54) is 16.5 Å². The van der Waals surface area contributed by atoms with E-state index in [0.717, 1.165) is 0 Å². The van der Waals surface area contributed by atoms with Gasteiger partial charge in [0.15, 0.2) is 6.20 Å². The highest BCUT2D eigenvalue weighted by molar-refractivity contribution is 7.84. The van der Waals surface area contributed by atoms with Crippen molar-refractivity contribution in [2.45, 2.75) is 6.92 Å². The second-order valence-corrected chi connectivity index (χ2v) is 5.24. The fourth-order valence-electron chi connectivity index (χ4n) is 1.51. The molecular formula is C12H15NO3S. The second-order valence-electron chi connectivity index (χ2n) is 3.83. The number of aromatic nitrogens is 1. The molecule has 2 aromatic rings. The molecule has 5 heteroatoms. The van der Waals surface area contributed by atoms with Crippen LogP contribution in [0.1, 0.15) is 5.56 Å². The predicted molar refractivity (Wildman–Crippen MR) is 65.5 cm³/mol. The summed E-state index contributed by atoms with van der Waals surface area (Å²) in [5, 5.41) is 1.34. The molecular weight excluding hydrogens is 238 g/mol. The molecule has 2 rings (SSSR count). The zero-order valence-electron chi connectivity index (χ0n) is 10.0. The zero-order valence-corrected chi connectivity index (χ0v) is 10.9. The standard InChI is InChI=1S/C11H12N.CH4O3S/c1-9-7-8-12(2)11-6-4-3-5-10(9)11;1-5(2,3)4/h3-8H,1-2H3;1H3,(H,2,3,4)/q+1;/p-1. The van der Waals surface area contributed by atoms with E-state index in [9.17, 15) is 0 Å². The van der Waals surface area contributed by atoms with Gasteiger partial charge >= 0.3 is 0 Å². The number of nitrogens with zero attached hydrogens (tertiary/aromatic N) is 1. The molecule has 0 spiro atoms. The van der Waals surface area contributed by atoms with Crippen molar-refractivity contribution in [3.63, 3.8) is 0 Å². The van der Waals surface area contributed by atoms with Crippen molar-refractivity contribution in [1.29, 1.82) is 0 Å². The van der Waals surface area contributed by atoms with Crippen molar-refractivity contribution in [2.24, 2.45) is 7.05 Å². The molecule has 0 aliphatic heterocycles. The lowest BCUT2D eigenvalue weighted by atomic mass is 10.1. The molecule has 1 heterocycles. The van der Waals surface area contributed by atoms with E-state index in [2.05, 4.69) is 55.1 Å². The van der Waals surface area contributed by atoms with Crippen LogP contribution in [0.25, 0.3) is 10.9 Å². The number of aryl methyl sites for hydroxylation is 2. The SMILES string of the molecule is CS(=O)(=O)[O-].Cc1cc[n+](C)c2ccccc12. The van der Waals surface area contributed by atoms with Crippen LogP contribution in [0.5, 0.6) is 0 Å². The lowest BCUT2D eigenvalue weighted by molar-refractivity contribution is -0.644. The molecule has 1 aromatic heterocycles. The highest BCUT2D eigenvalue weighted by atomic mass is 32.2. The van der Waals surface area contributed by atoms with Crippen LogP contribution in [-0.2, 0) is 17.2 Å². The summed E-state index contributed by atoms with van der Waals surface area (Å²) in [6.07, 6.45) is 2.70. The lowest BCUT2D eigenvalue weighted by Gasteiger charge is -1.98. The Labute approximate surface area is 101 Å². The third kappa shape index (κ3) is 4.50. The first kappa shape index (κ1) is 13.6. The maximum absolute atomic E-state index is 9.08. The molecule has 0 aliphatic rings. The molecule has 0 fully saturated rings. The molecule has 0 bridgehead atoms. The Bertz CT molecular complexity index is 572. The van der Waals surface area contributed by atoms with Gasteiger partial charge in [-0.2, -0.15) is 0 Å². The van der Waals surface area contributed by atoms with Crippen LogP contribution in [0.2, 0.25) is 0 Å². The van der Waals surface area contributed by atoms with Crippen LogP contribution < -0.4 is 4.57 Å². The molecule has 0 N–H and O–H groups in total. The van der Waals surface area contributed by atoms with Crippen LogP contribution in [0.3, 0.4) is 0 Å². The van der Waals surface area contributed by atoms with Gasteiger partial charge in [-0.15, -0.1) is 0 Å². The Morgan fingerprint density at radius 3 is 2.24 bits per heavy atom. The summed E-state index contributed by atoms with van der Waals surface area (Å²) in [7, 11) is -1.85. The minimum absolute atomic E-state index is 0.604. The van der Waals surface area contributed by atoms with Gasteiger partial charge in [-0.05, 0) is 18.6 Å². The summed E-state index contributed by atoms with van der Waals surface area (Å²) >= 11 is 0. The molecule has 0 saturated heterocycles. The third-order valence-electron chi connectivity index (χ3n) is 2.26. The summed E-state index contributed by atoms with van der Waals surface area (Å²) < 4.78 is 29.4.